The van der Waals surface area contributed by atoms with Crippen molar-refractivity contribution in [2.75, 3.05) is 6.61 Å². The first-order chi connectivity index (χ1) is 10.6. The lowest BCUT2D eigenvalue weighted by atomic mass is 9.89. The summed E-state index contributed by atoms with van der Waals surface area (Å²) in [4.78, 5) is 11.1. The molecule has 0 amide bonds. The number of fused-ring (bicyclic) bond motifs is 1. The Bertz CT molecular complexity index is 623. The minimum Gasteiger partial charge on any atom is -0.493 e. The molecule has 1 N–H and O–H groups in total. The molecule has 118 valence electrons. The van der Waals surface area contributed by atoms with Gasteiger partial charge in [0, 0.05) is 11.5 Å². The molecule has 3 nitrogen and oxygen atoms in total. The number of carboxylic acid groups (broad SMARTS) is 1. The van der Waals surface area contributed by atoms with Crippen LogP contribution in [0.15, 0.2) is 12.1 Å². The second-order valence-corrected chi connectivity index (χ2v) is 7.25. The van der Waals surface area contributed by atoms with Crippen LogP contribution in [-0.4, -0.2) is 17.7 Å². The van der Waals surface area contributed by atoms with Crippen LogP contribution in [0.25, 0.3) is 0 Å². The predicted octanol–water partition coefficient (Wildman–Crippen LogP) is 4.36. The van der Waals surface area contributed by atoms with Crippen LogP contribution in [0.5, 0.6) is 5.75 Å². The summed E-state index contributed by atoms with van der Waals surface area (Å²) in [5, 5.41) is 9.08. The molecule has 0 bridgehead atoms. The summed E-state index contributed by atoms with van der Waals surface area (Å²) in [6.45, 7) is 0.656. The fourth-order valence-corrected chi connectivity index (χ4v) is 4.06. The van der Waals surface area contributed by atoms with Crippen molar-refractivity contribution in [2.24, 2.45) is 11.3 Å². The van der Waals surface area contributed by atoms with Gasteiger partial charge in [0.2, 0.25) is 0 Å². The van der Waals surface area contributed by atoms with Crippen molar-refractivity contribution in [3.63, 3.8) is 0 Å². The number of carboxylic acids is 1. The van der Waals surface area contributed by atoms with Gasteiger partial charge in [-0.3, -0.25) is 0 Å². The lowest BCUT2D eigenvalue weighted by Crippen LogP contribution is -2.19. The summed E-state index contributed by atoms with van der Waals surface area (Å²) in [5.74, 6) is -0.212. The van der Waals surface area contributed by atoms with E-state index in [4.69, 9.17) is 9.84 Å². The van der Waals surface area contributed by atoms with Crippen molar-refractivity contribution in [1.29, 1.82) is 0 Å². The lowest BCUT2D eigenvalue weighted by Gasteiger charge is -2.23. The fraction of sp³-hybridized carbons (Fsp3) is 0.611. The van der Waals surface area contributed by atoms with E-state index in [9.17, 15) is 9.18 Å². The third kappa shape index (κ3) is 2.38. The lowest BCUT2D eigenvalue weighted by molar-refractivity contribution is 0.0691. The molecular weight excluding hydrogens is 283 g/mol. The SMILES string of the molecule is O=C(O)c1cc(C2CC2)c(OCC23CCCCC2C3)cc1F. The summed E-state index contributed by atoms with van der Waals surface area (Å²) in [6.07, 6.45) is 8.41. The van der Waals surface area contributed by atoms with Gasteiger partial charge in [0.25, 0.3) is 0 Å². The van der Waals surface area contributed by atoms with Crippen molar-refractivity contribution in [2.45, 2.75) is 50.9 Å². The van der Waals surface area contributed by atoms with E-state index >= 15 is 0 Å². The zero-order chi connectivity index (χ0) is 15.3. The fourth-order valence-electron chi connectivity index (χ4n) is 4.06. The molecule has 0 heterocycles. The number of rotatable bonds is 5. The number of aromatic carboxylic acids is 1. The summed E-state index contributed by atoms with van der Waals surface area (Å²) in [5.41, 5.74) is 0.957. The number of halogens is 1. The van der Waals surface area contributed by atoms with Gasteiger partial charge in [-0.1, -0.05) is 12.8 Å². The first kappa shape index (κ1) is 14.0. The van der Waals surface area contributed by atoms with Gasteiger partial charge in [-0.25, -0.2) is 9.18 Å². The molecule has 0 radical (unpaired) electrons. The predicted molar refractivity (Wildman–Crippen MR) is 79.8 cm³/mol. The Morgan fingerprint density at radius 1 is 1.32 bits per heavy atom. The monoisotopic (exact) mass is 304 g/mol. The van der Waals surface area contributed by atoms with Gasteiger partial charge in [-0.05, 0) is 55.6 Å². The molecule has 3 fully saturated rings. The van der Waals surface area contributed by atoms with Crippen LogP contribution >= 0.6 is 0 Å². The third-order valence-corrected chi connectivity index (χ3v) is 5.70. The molecule has 3 saturated carbocycles. The maximum atomic E-state index is 14.0. The topological polar surface area (TPSA) is 46.5 Å². The molecule has 2 unspecified atom stereocenters. The first-order valence-electron chi connectivity index (χ1n) is 8.29. The number of ether oxygens (including phenoxy) is 1. The molecule has 3 aliphatic rings. The van der Waals surface area contributed by atoms with E-state index in [0.29, 0.717) is 23.7 Å². The van der Waals surface area contributed by atoms with E-state index in [0.717, 1.165) is 24.3 Å². The van der Waals surface area contributed by atoms with Crippen LogP contribution < -0.4 is 4.74 Å². The van der Waals surface area contributed by atoms with E-state index in [1.807, 2.05) is 0 Å². The molecule has 1 aromatic carbocycles. The molecule has 4 heteroatoms. The van der Waals surface area contributed by atoms with Crippen LogP contribution in [0.4, 0.5) is 4.39 Å². The van der Waals surface area contributed by atoms with Crippen molar-refractivity contribution < 1.29 is 19.0 Å². The van der Waals surface area contributed by atoms with Crippen LogP contribution in [0, 0.1) is 17.2 Å². The minimum absolute atomic E-state index is 0.241. The molecule has 0 aromatic heterocycles. The van der Waals surface area contributed by atoms with Gasteiger partial charge >= 0.3 is 5.97 Å². The summed E-state index contributed by atoms with van der Waals surface area (Å²) < 4.78 is 20.0. The Labute approximate surface area is 129 Å². The molecule has 2 atom stereocenters. The summed E-state index contributed by atoms with van der Waals surface area (Å²) in [6, 6.07) is 2.77. The van der Waals surface area contributed by atoms with Crippen LogP contribution in [0.3, 0.4) is 0 Å². The Hall–Kier alpha value is -1.58. The molecule has 0 aliphatic heterocycles. The van der Waals surface area contributed by atoms with Gasteiger partial charge in [0.15, 0.2) is 0 Å². The Morgan fingerprint density at radius 2 is 2.14 bits per heavy atom. The Balaban J connectivity index is 1.56. The van der Waals surface area contributed by atoms with Gasteiger partial charge in [-0.15, -0.1) is 0 Å². The maximum Gasteiger partial charge on any atom is 0.338 e. The molecular formula is C18H21FO3. The zero-order valence-corrected chi connectivity index (χ0v) is 12.6. The Morgan fingerprint density at radius 3 is 2.82 bits per heavy atom. The normalized spacial score (nSPS) is 29.8. The molecule has 0 saturated heterocycles. The summed E-state index contributed by atoms with van der Waals surface area (Å²) in [7, 11) is 0. The molecule has 0 spiro atoms. The van der Waals surface area contributed by atoms with Gasteiger partial charge in [-0.2, -0.15) is 0 Å². The van der Waals surface area contributed by atoms with E-state index < -0.39 is 11.8 Å². The average molecular weight is 304 g/mol. The number of carbonyl (C=O) groups is 1. The second kappa shape index (κ2) is 4.97. The minimum atomic E-state index is -1.21. The molecule has 3 aliphatic carbocycles. The van der Waals surface area contributed by atoms with Gasteiger partial charge < -0.3 is 9.84 Å². The van der Waals surface area contributed by atoms with Crippen molar-refractivity contribution in [3.05, 3.63) is 29.1 Å². The molecule has 22 heavy (non-hydrogen) atoms. The highest BCUT2D eigenvalue weighted by molar-refractivity contribution is 5.88. The van der Waals surface area contributed by atoms with E-state index in [1.165, 1.54) is 44.2 Å². The van der Waals surface area contributed by atoms with Crippen molar-refractivity contribution >= 4 is 5.97 Å². The maximum absolute atomic E-state index is 14.0. The largest absolute Gasteiger partial charge is 0.493 e. The quantitative estimate of drug-likeness (QED) is 0.879. The standard InChI is InChI=1S/C18H21FO3/c19-15-8-16(13(11-4-5-11)7-14(15)17(20)21)22-10-18-6-2-1-3-12(18)9-18/h7-8,11-12H,1-6,9-10H2,(H,20,21). The van der Waals surface area contributed by atoms with Gasteiger partial charge in [0.1, 0.15) is 11.6 Å². The van der Waals surface area contributed by atoms with E-state index in [2.05, 4.69) is 0 Å². The Kier molecular flexibility index (Phi) is 3.17. The van der Waals surface area contributed by atoms with Crippen LogP contribution in [0.1, 0.15) is 66.8 Å². The van der Waals surface area contributed by atoms with Crippen molar-refractivity contribution in [3.8, 4) is 5.75 Å². The van der Waals surface area contributed by atoms with Crippen LogP contribution in [0.2, 0.25) is 0 Å². The number of hydrogen-bond acceptors (Lipinski definition) is 2. The first-order valence-corrected chi connectivity index (χ1v) is 8.29. The number of hydrogen-bond donors (Lipinski definition) is 1. The highest BCUT2D eigenvalue weighted by atomic mass is 19.1. The third-order valence-electron chi connectivity index (χ3n) is 5.70. The van der Waals surface area contributed by atoms with Gasteiger partial charge in [0.05, 0.1) is 12.2 Å². The molecule has 1 aromatic rings. The average Bonchev–Trinajstić information content (AvgIpc) is 3.37. The van der Waals surface area contributed by atoms with E-state index in [-0.39, 0.29) is 5.56 Å². The highest BCUT2D eigenvalue weighted by Gasteiger charge is 2.55. The summed E-state index contributed by atoms with van der Waals surface area (Å²) >= 11 is 0. The molecule has 4 rings (SSSR count). The van der Waals surface area contributed by atoms with Crippen LogP contribution in [-0.2, 0) is 0 Å². The van der Waals surface area contributed by atoms with E-state index in [1.54, 1.807) is 0 Å². The van der Waals surface area contributed by atoms with Crippen molar-refractivity contribution in [1.82, 2.24) is 0 Å². The smallest absolute Gasteiger partial charge is 0.338 e. The second-order valence-electron chi connectivity index (χ2n) is 7.25. The number of benzene rings is 1. The highest BCUT2D eigenvalue weighted by Crippen LogP contribution is 2.61. The zero-order valence-electron chi connectivity index (χ0n) is 12.6.